The van der Waals surface area contributed by atoms with Gasteiger partial charge in [-0.05, 0) is 43.9 Å². The van der Waals surface area contributed by atoms with Crippen molar-refractivity contribution in [1.82, 2.24) is 4.90 Å². The molecule has 0 atom stereocenters. The number of nitrogens with zero attached hydrogens (tertiary/aromatic N) is 1. The average Bonchev–Trinajstić information content (AvgIpc) is 2.96. The van der Waals surface area contributed by atoms with Crippen LogP contribution in [-0.4, -0.2) is 23.3 Å². The maximum atomic E-state index is 7.90. The Balaban J connectivity index is 1.74. The topological polar surface area (TPSA) is 27.1 Å². The minimum Gasteiger partial charge on any atom is -0.357 e. The largest absolute Gasteiger partial charge is 0.357 e. The molecule has 1 saturated heterocycles. The first-order valence-electron chi connectivity index (χ1n) is 5.70. The van der Waals surface area contributed by atoms with Crippen molar-refractivity contribution >= 4 is 5.84 Å². The average molecular weight is 178 g/mol. The quantitative estimate of drug-likeness (QED) is 0.705. The first-order chi connectivity index (χ1) is 6.36. The van der Waals surface area contributed by atoms with Crippen molar-refractivity contribution in [2.24, 2.45) is 11.8 Å². The molecule has 3 rings (SSSR count). The highest BCUT2D eigenvalue weighted by molar-refractivity contribution is 5.81. The maximum absolute atomic E-state index is 7.90. The molecule has 0 radical (unpaired) electrons. The maximum Gasteiger partial charge on any atom is 0.0961 e. The van der Waals surface area contributed by atoms with Crippen LogP contribution in [0.1, 0.15) is 38.5 Å². The van der Waals surface area contributed by atoms with Gasteiger partial charge in [-0.1, -0.05) is 0 Å². The molecule has 0 spiro atoms. The minimum atomic E-state index is 0.787. The summed E-state index contributed by atoms with van der Waals surface area (Å²) in [5.74, 6) is 2.86. The van der Waals surface area contributed by atoms with E-state index in [9.17, 15) is 0 Å². The lowest BCUT2D eigenvalue weighted by Crippen LogP contribution is -2.39. The third kappa shape index (κ3) is 1.36. The summed E-state index contributed by atoms with van der Waals surface area (Å²) in [6.45, 7) is 1.18. The van der Waals surface area contributed by atoms with Gasteiger partial charge < -0.3 is 4.90 Å². The van der Waals surface area contributed by atoms with Crippen LogP contribution in [0.2, 0.25) is 0 Å². The minimum absolute atomic E-state index is 0.787. The highest BCUT2D eigenvalue weighted by Crippen LogP contribution is 2.48. The van der Waals surface area contributed by atoms with Crippen LogP contribution < -0.4 is 0 Å². The standard InChI is InChI=1S/C11H18N2/c12-10-2-1-7-13(10)11(8-3-4-8)9-5-6-9/h8-9,11-12H,1-7H2. The van der Waals surface area contributed by atoms with Crippen molar-refractivity contribution in [3.8, 4) is 0 Å². The monoisotopic (exact) mass is 178 g/mol. The van der Waals surface area contributed by atoms with Crippen LogP contribution in [0.15, 0.2) is 0 Å². The van der Waals surface area contributed by atoms with Crippen LogP contribution in [0.25, 0.3) is 0 Å². The predicted molar refractivity (Wildman–Crippen MR) is 52.9 cm³/mol. The molecule has 0 unspecified atom stereocenters. The zero-order valence-corrected chi connectivity index (χ0v) is 8.13. The Morgan fingerprint density at radius 3 is 2.15 bits per heavy atom. The summed E-state index contributed by atoms with van der Waals surface area (Å²) in [4.78, 5) is 2.43. The zero-order valence-electron chi connectivity index (χ0n) is 8.13. The lowest BCUT2D eigenvalue weighted by Gasteiger charge is -2.29. The summed E-state index contributed by atoms with van der Waals surface area (Å²) < 4.78 is 0. The van der Waals surface area contributed by atoms with E-state index in [1.807, 2.05) is 0 Å². The molecule has 2 heteroatoms. The van der Waals surface area contributed by atoms with Gasteiger partial charge in [0.05, 0.1) is 5.84 Å². The lowest BCUT2D eigenvalue weighted by atomic mass is 10.1. The predicted octanol–water partition coefficient (Wildman–Crippen LogP) is 2.25. The second-order valence-electron chi connectivity index (χ2n) is 4.91. The van der Waals surface area contributed by atoms with Crippen molar-refractivity contribution in [2.75, 3.05) is 6.54 Å². The van der Waals surface area contributed by atoms with E-state index >= 15 is 0 Å². The number of likely N-dealkylation sites (tertiary alicyclic amines) is 1. The normalized spacial score (nSPS) is 29.0. The van der Waals surface area contributed by atoms with E-state index in [1.165, 1.54) is 38.6 Å². The van der Waals surface area contributed by atoms with Gasteiger partial charge >= 0.3 is 0 Å². The lowest BCUT2D eigenvalue weighted by molar-refractivity contribution is 0.269. The van der Waals surface area contributed by atoms with E-state index < -0.39 is 0 Å². The van der Waals surface area contributed by atoms with Crippen LogP contribution in [0.4, 0.5) is 0 Å². The van der Waals surface area contributed by atoms with Crippen LogP contribution in [0, 0.1) is 17.2 Å². The van der Waals surface area contributed by atoms with Crippen molar-refractivity contribution in [2.45, 2.75) is 44.6 Å². The summed E-state index contributed by atoms with van der Waals surface area (Å²) in [5, 5.41) is 7.90. The molecule has 1 heterocycles. The highest BCUT2D eigenvalue weighted by atomic mass is 15.2. The molecule has 1 aliphatic heterocycles. The van der Waals surface area contributed by atoms with E-state index in [0.717, 1.165) is 30.1 Å². The van der Waals surface area contributed by atoms with Gasteiger partial charge in [-0.2, -0.15) is 0 Å². The van der Waals surface area contributed by atoms with Crippen molar-refractivity contribution in [1.29, 1.82) is 5.41 Å². The molecular weight excluding hydrogens is 160 g/mol. The molecule has 0 aromatic heterocycles. The van der Waals surface area contributed by atoms with Crippen molar-refractivity contribution in [3.63, 3.8) is 0 Å². The van der Waals surface area contributed by atoms with Crippen LogP contribution in [0.3, 0.4) is 0 Å². The zero-order chi connectivity index (χ0) is 8.84. The van der Waals surface area contributed by atoms with Gasteiger partial charge in [0.2, 0.25) is 0 Å². The van der Waals surface area contributed by atoms with E-state index in [2.05, 4.69) is 4.90 Å². The molecule has 13 heavy (non-hydrogen) atoms. The molecule has 0 aromatic rings. The van der Waals surface area contributed by atoms with Crippen molar-refractivity contribution < 1.29 is 0 Å². The third-order valence-electron chi connectivity index (χ3n) is 3.73. The molecule has 2 aliphatic carbocycles. The van der Waals surface area contributed by atoms with Crippen LogP contribution in [0.5, 0.6) is 0 Å². The summed E-state index contributed by atoms with van der Waals surface area (Å²) >= 11 is 0. The van der Waals surface area contributed by atoms with Gasteiger partial charge in [0.15, 0.2) is 0 Å². The van der Waals surface area contributed by atoms with Crippen LogP contribution >= 0.6 is 0 Å². The summed E-state index contributed by atoms with van der Waals surface area (Å²) in [7, 11) is 0. The van der Waals surface area contributed by atoms with Gasteiger partial charge in [-0.25, -0.2) is 0 Å². The molecule has 2 nitrogen and oxygen atoms in total. The molecular formula is C11H18N2. The Hall–Kier alpha value is -0.530. The van der Waals surface area contributed by atoms with Gasteiger partial charge in [-0.3, -0.25) is 5.41 Å². The first-order valence-corrected chi connectivity index (χ1v) is 5.70. The van der Waals surface area contributed by atoms with Gasteiger partial charge in [0.25, 0.3) is 0 Å². The Kier molecular flexibility index (Phi) is 1.64. The number of hydrogen-bond donors (Lipinski definition) is 1. The fraction of sp³-hybridized carbons (Fsp3) is 0.909. The number of rotatable bonds is 3. The highest BCUT2D eigenvalue weighted by Gasteiger charge is 2.45. The Labute approximate surface area is 79.8 Å². The molecule has 3 fully saturated rings. The molecule has 0 bridgehead atoms. The number of hydrogen-bond acceptors (Lipinski definition) is 1. The second kappa shape index (κ2) is 2.73. The van der Waals surface area contributed by atoms with E-state index in [1.54, 1.807) is 0 Å². The SMILES string of the molecule is N=C1CCCN1C(C1CC1)C1CC1. The first kappa shape index (κ1) is 7.84. The van der Waals surface area contributed by atoms with E-state index in [0.29, 0.717) is 0 Å². The summed E-state index contributed by atoms with van der Waals surface area (Å²) in [6, 6.07) is 0.787. The van der Waals surface area contributed by atoms with E-state index in [4.69, 9.17) is 5.41 Å². The number of amidine groups is 1. The summed E-state index contributed by atoms with van der Waals surface area (Å²) in [5.41, 5.74) is 0. The molecule has 2 saturated carbocycles. The molecule has 1 N–H and O–H groups in total. The number of nitrogens with one attached hydrogen (secondary N) is 1. The van der Waals surface area contributed by atoms with Gasteiger partial charge in [0, 0.05) is 19.0 Å². The Morgan fingerprint density at radius 1 is 1.15 bits per heavy atom. The Morgan fingerprint density at radius 2 is 1.77 bits per heavy atom. The summed E-state index contributed by atoms with van der Waals surface area (Å²) in [6.07, 6.45) is 8.01. The Bertz CT molecular complexity index is 216. The smallest absolute Gasteiger partial charge is 0.0961 e. The molecule has 3 aliphatic rings. The fourth-order valence-electron chi connectivity index (χ4n) is 2.79. The van der Waals surface area contributed by atoms with Gasteiger partial charge in [-0.15, -0.1) is 0 Å². The second-order valence-corrected chi connectivity index (χ2v) is 4.91. The molecule has 0 amide bonds. The van der Waals surface area contributed by atoms with Crippen molar-refractivity contribution in [3.05, 3.63) is 0 Å². The third-order valence-corrected chi connectivity index (χ3v) is 3.73. The van der Waals surface area contributed by atoms with Gasteiger partial charge in [0.1, 0.15) is 0 Å². The van der Waals surface area contributed by atoms with Crippen LogP contribution in [-0.2, 0) is 0 Å². The fourth-order valence-corrected chi connectivity index (χ4v) is 2.79. The van der Waals surface area contributed by atoms with E-state index in [-0.39, 0.29) is 0 Å². The molecule has 72 valence electrons. The molecule has 0 aromatic carbocycles.